The zero-order chi connectivity index (χ0) is 13.1. The molecular weight excluding hydrogens is 245 g/mol. The van der Waals surface area contributed by atoms with Crippen LogP contribution in [0.25, 0.3) is 0 Å². The van der Waals surface area contributed by atoms with Crippen LogP contribution in [0.1, 0.15) is 11.5 Å². The van der Waals surface area contributed by atoms with Gasteiger partial charge >= 0.3 is 5.97 Å². The standard InChI is InChI=1S/C14H18NO2P/c1-18(2)10-15-8-12(13(9-15)14(16)17)11-6-4-3-5-7-11/h3-7,12-13H,1,8-10H2,2H3/p+1. The zero-order valence-electron chi connectivity index (χ0n) is 10.6. The van der Waals surface area contributed by atoms with Crippen LogP contribution in [0.4, 0.5) is 0 Å². The summed E-state index contributed by atoms with van der Waals surface area (Å²) in [5.74, 6) is -0.864. The Morgan fingerprint density at radius 2 is 2.11 bits per heavy atom. The molecule has 1 saturated heterocycles. The van der Waals surface area contributed by atoms with Crippen LogP contribution < -0.4 is 0 Å². The first-order chi connectivity index (χ1) is 8.58. The maximum Gasteiger partial charge on any atom is 0.308 e. The molecule has 1 N–H and O–H groups in total. The number of hydrogen-bond acceptors (Lipinski definition) is 2. The van der Waals surface area contributed by atoms with Crippen molar-refractivity contribution in [3.63, 3.8) is 0 Å². The lowest BCUT2D eigenvalue weighted by molar-refractivity contribution is -0.141. The van der Waals surface area contributed by atoms with Crippen LogP contribution in [0.2, 0.25) is 0 Å². The molecule has 0 aliphatic carbocycles. The smallest absolute Gasteiger partial charge is 0.308 e. The summed E-state index contributed by atoms with van der Waals surface area (Å²) in [6, 6.07) is 9.98. The van der Waals surface area contributed by atoms with Gasteiger partial charge in [-0.1, -0.05) is 30.3 Å². The van der Waals surface area contributed by atoms with E-state index in [1.807, 2.05) is 30.3 Å². The number of hydrogen-bond donors (Lipinski definition) is 1. The number of likely N-dealkylation sites (tertiary alicyclic amines) is 1. The van der Waals surface area contributed by atoms with E-state index in [9.17, 15) is 9.90 Å². The molecule has 96 valence electrons. The fraction of sp³-hybridized carbons (Fsp3) is 0.429. The Hall–Kier alpha value is -1.18. The molecule has 1 aliphatic heterocycles. The SMILES string of the molecule is C=[P+](C)CN1CC(C(=O)O)C(c2ccccc2)C1. The van der Waals surface area contributed by atoms with Gasteiger partial charge in [0.15, 0.2) is 6.29 Å². The summed E-state index contributed by atoms with van der Waals surface area (Å²) < 4.78 is 0. The molecule has 1 aromatic carbocycles. The molecule has 0 spiro atoms. The lowest BCUT2D eigenvalue weighted by Gasteiger charge is -2.14. The number of carboxylic acid groups (broad SMARTS) is 1. The van der Waals surface area contributed by atoms with Gasteiger partial charge in [0.25, 0.3) is 0 Å². The third-order valence-corrected chi connectivity index (χ3v) is 4.26. The van der Waals surface area contributed by atoms with Crippen LogP contribution >= 0.6 is 7.55 Å². The van der Waals surface area contributed by atoms with E-state index in [1.54, 1.807) is 0 Å². The summed E-state index contributed by atoms with van der Waals surface area (Å²) in [7, 11) is -0.255. The number of benzene rings is 1. The molecule has 0 amide bonds. The van der Waals surface area contributed by atoms with E-state index >= 15 is 0 Å². The van der Waals surface area contributed by atoms with Crippen molar-refractivity contribution in [2.45, 2.75) is 5.92 Å². The topological polar surface area (TPSA) is 40.5 Å². The molecule has 2 rings (SSSR count). The molecule has 3 unspecified atom stereocenters. The van der Waals surface area contributed by atoms with Gasteiger partial charge in [0.05, 0.1) is 26.4 Å². The van der Waals surface area contributed by atoms with Crippen LogP contribution in [0.15, 0.2) is 30.3 Å². The van der Waals surface area contributed by atoms with Gasteiger partial charge in [0.2, 0.25) is 0 Å². The Balaban J connectivity index is 2.17. The van der Waals surface area contributed by atoms with Crippen LogP contribution in [-0.2, 0) is 4.79 Å². The Labute approximate surface area is 109 Å². The molecule has 0 aromatic heterocycles. The Morgan fingerprint density at radius 3 is 2.67 bits per heavy atom. The van der Waals surface area contributed by atoms with Crippen molar-refractivity contribution in [2.75, 3.05) is 26.0 Å². The van der Waals surface area contributed by atoms with Crippen LogP contribution in [0, 0.1) is 5.92 Å². The second-order valence-corrected chi connectivity index (χ2v) is 6.99. The van der Waals surface area contributed by atoms with Crippen molar-refractivity contribution in [3.8, 4) is 0 Å². The van der Waals surface area contributed by atoms with Crippen molar-refractivity contribution in [1.82, 2.24) is 4.90 Å². The number of carboxylic acids is 1. The van der Waals surface area contributed by atoms with Gasteiger partial charge in [0, 0.05) is 19.0 Å². The van der Waals surface area contributed by atoms with Gasteiger partial charge in [-0.2, -0.15) is 0 Å². The Kier molecular flexibility index (Phi) is 4.15. The molecule has 1 aliphatic rings. The third-order valence-electron chi connectivity index (χ3n) is 3.38. The van der Waals surface area contributed by atoms with Gasteiger partial charge in [-0.3, -0.25) is 9.69 Å². The van der Waals surface area contributed by atoms with Gasteiger partial charge in [-0.15, -0.1) is 0 Å². The van der Waals surface area contributed by atoms with Crippen LogP contribution in [0.5, 0.6) is 0 Å². The second kappa shape index (κ2) is 5.64. The first-order valence-electron chi connectivity index (χ1n) is 6.09. The van der Waals surface area contributed by atoms with Gasteiger partial charge in [0.1, 0.15) is 0 Å². The highest BCUT2D eigenvalue weighted by atomic mass is 31.1. The highest BCUT2D eigenvalue weighted by Gasteiger charge is 2.39. The molecule has 0 bridgehead atoms. The summed E-state index contributed by atoms with van der Waals surface area (Å²) in [6.45, 7) is 3.61. The second-order valence-electron chi connectivity index (χ2n) is 5.00. The maximum absolute atomic E-state index is 11.4. The average molecular weight is 264 g/mol. The summed E-state index contributed by atoms with van der Waals surface area (Å²) >= 11 is 0. The largest absolute Gasteiger partial charge is 0.481 e. The monoisotopic (exact) mass is 264 g/mol. The minimum atomic E-state index is -0.684. The normalized spacial score (nSPS) is 25.1. The predicted molar refractivity (Wildman–Crippen MR) is 76.7 cm³/mol. The van der Waals surface area contributed by atoms with Crippen LogP contribution in [-0.4, -0.2) is 48.3 Å². The van der Waals surface area contributed by atoms with E-state index in [-0.39, 0.29) is 19.4 Å². The quantitative estimate of drug-likeness (QED) is 0.848. The number of nitrogens with zero attached hydrogens (tertiary/aromatic N) is 1. The fourth-order valence-electron chi connectivity index (χ4n) is 2.63. The molecule has 3 atom stereocenters. The highest BCUT2D eigenvalue weighted by Crippen LogP contribution is 2.34. The highest BCUT2D eigenvalue weighted by molar-refractivity contribution is 7.54. The fourth-order valence-corrected chi connectivity index (χ4v) is 3.54. The van der Waals surface area contributed by atoms with Crippen molar-refractivity contribution >= 4 is 19.8 Å². The molecule has 4 heteroatoms. The first kappa shape index (κ1) is 13.3. The predicted octanol–water partition coefficient (Wildman–Crippen LogP) is 2.29. The van der Waals surface area contributed by atoms with Crippen molar-refractivity contribution in [3.05, 3.63) is 35.9 Å². The lowest BCUT2D eigenvalue weighted by atomic mass is 9.89. The molecular formula is C14H19NO2P+. The summed E-state index contributed by atoms with van der Waals surface area (Å²) in [4.78, 5) is 13.6. The van der Waals surface area contributed by atoms with E-state index in [0.29, 0.717) is 6.54 Å². The third kappa shape index (κ3) is 2.98. The Bertz CT molecular complexity index is 446. The van der Waals surface area contributed by atoms with E-state index < -0.39 is 5.97 Å². The molecule has 3 nitrogen and oxygen atoms in total. The molecule has 18 heavy (non-hydrogen) atoms. The van der Waals surface area contributed by atoms with E-state index in [0.717, 1.165) is 18.4 Å². The number of carbonyl (C=O) groups is 1. The molecule has 1 heterocycles. The zero-order valence-corrected chi connectivity index (χ0v) is 11.5. The van der Waals surface area contributed by atoms with E-state index in [4.69, 9.17) is 0 Å². The van der Waals surface area contributed by atoms with Crippen molar-refractivity contribution in [1.29, 1.82) is 0 Å². The summed E-state index contributed by atoms with van der Waals surface area (Å²) in [5, 5.41) is 9.36. The minimum absolute atomic E-state index is 0.110. The Morgan fingerprint density at radius 1 is 1.44 bits per heavy atom. The maximum atomic E-state index is 11.4. The van der Waals surface area contributed by atoms with Crippen LogP contribution in [0.3, 0.4) is 0 Å². The molecule has 1 fully saturated rings. The summed E-state index contributed by atoms with van der Waals surface area (Å²) in [6.07, 6.45) is 4.98. The minimum Gasteiger partial charge on any atom is -0.481 e. The molecule has 1 aromatic rings. The van der Waals surface area contributed by atoms with Gasteiger partial charge in [-0.25, -0.2) is 0 Å². The lowest BCUT2D eigenvalue weighted by Crippen LogP contribution is -2.23. The number of aliphatic carboxylic acids is 1. The van der Waals surface area contributed by atoms with E-state index in [2.05, 4.69) is 17.9 Å². The van der Waals surface area contributed by atoms with Gasteiger partial charge < -0.3 is 5.11 Å². The summed E-state index contributed by atoms with van der Waals surface area (Å²) in [5.41, 5.74) is 1.14. The van der Waals surface area contributed by atoms with Gasteiger partial charge in [-0.05, 0) is 5.56 Å². The van der Waals surface area contributed by atoms with Crippen molar-refractivity contribution < 1.29 is 9.90 Å². The molecule has 0 radical (unpaired) electrons. The molecule has 0 saturated carbocycles. The first-order valence-corrected chi connectivity index (χ1v) is 8.25. The van der Waals surface area contributed by atoms with Crippen molar-refractivity contribution in [2.24, 2.45) is 5.92 Å². The number of rotatable bonds is 4. The average Bonchev–Trinajstić information content (AvgIpc) is 2.73. The van der Waals surface area contributed by atoms with E-state index in [1.165, 1.54) is 0 Å².